The SMILES string of the molecule is C1=CN2NCCC2=CN1.Cl. The minimum absolute atomic E-state index is 0. The number of nitrogens with one attached hydrogen (secondary N) is 2. The van der Waals surface area contributed by atoms with Crippen LogP contribution >= 0.6 is 12.4 Å². The number of hydrazine groups is 1. The van der Waals surface area contributed by atoms with E-state index in [2.05, 4.69) is 10.7 Å². The van der Waals surface area contributed by atoms with Crippen molar-refractivity contribution >= 4 is 12.4 Å². The number of halogens is 1. The molecule has 0 bridgehead atoms. The average Bonchev–Trinajstić information content (AvgIpc) is 2.33. The van der Waals surface area contributed by atoms with Crippen LogP contribution in [0.3, 0.4) is 0 Å². The molecule has 0 spiro atoms. The third kappa shape index (κ3) is 1.10. The molecule has 2 rings (SSSR count). The summed E-state index contributed by atoms with van der Waals surface area (Å²) in [7, 11) is 0. The van der Waals surface area contributed by atoms with Gasteiger partial charge < -0.3 is 5.32 Å². The van der Waals surface area contributed by atoms with Gasteiger partial charge in [-0.1, -0.05) is 0 Å². The molecule has 0 atom stereocenters. The van der Waals surface area contributed by atoms with Crippen molar-refractivity contribution in [1.82, 2.24) is 15.8 Å². The predicted octanol–water partition coefficient (Wildman–Crippen LogP) is 0.534. The molecule has 10 heavy (non-hydrogen) atoms. The molecule has 3 nitrogen and oxygen atoms in total. The van der Waals surface area contributed by atoms with Gasteiger partial charge >= 0.3 is 0 Å². The van der Waals surface area contributed by atoms with Gasteiger partial charge in [0.15, 0.2) is 0 Å². The summed E-state index contributed by atoms with van der Waals surface area (Å²) in [5.41, 5.74) is 4.51. The van der Waals surface area contributed by atoms with Gasteiger partial charge in [0.2, 0.25) is 0 Å². The molecule has 2 heterocycles. The lowest BCUT2D eigenvalue weighted by Gasteiger charge is -2.17. The summed E-state index contributed by atoms with van der Waals surface area (Å²) in [6, 6.07) is 0. The number of hydrogen-bond acceptors (Lipinski definition) is 3. The summed E-state index contributed by atoms with van der Waals surface area (Å²) in [6.45, 7) is 1.05. The van der Waals surface area contributed by atoms with Crippen LogP contribution in [-0.4, -0.2) is 11.6 Å². The molecule has 4 heteroatoms. The zero-order valence-corrected chi connectivity index (χ0v) is 6.32. The Morgan fingerprint density at radius 3 is 3.20 bits per heavy atom. The minimum atomic E-state index is 0. The molecule has 2 N–H and O–H groups in total. The van der Waals surface area contributed by atoms with Crippen LogP contribution in [0, 0.1) is 0 Å². The maximum atomic E-state index is 3.20. The first-order chi connectivity index (χ1) is 4.47. The maximum Gasteiger partial charge on any atom is 0.0518 e. The van der Waals surface area contributed by atoms with E-state index in [0.717, 1.165) is 13.0 Å². The van der Waals surface area contributed by atoms with Crippen LogP contribution in [0.1, 0.15) is 6.42 Å². The fourth-order valence-corrected chi connectivity index (χ4v) is 1.08. The van der Waals surface area contributed by atoms with E-state index in [-0.39, 0.29) is 12.4 Å². The molecule has 0 aromatic heterocycles. The Morgan fingerprint density at radius 2 is 2.40 bits per heavy atom. The van der Waals surface area contributed by atoms with Crippen molar-refractivity contribution < 1.29 is 0 Å². The highest BCUT2D eigenvalue weighted by Crippen LogP contribution is 2.13. The van der Waals surface area contributed by atoms with E-state index in [0.29, 0.717) is 0 Å². The van der Waals surface area contributed by atoms with E-state index in [1.165, 1.54) is 5.70 Å². The van der Waals surface area contributed by atoms with Crippen molar-refractivity contribution in [1.29, 1.82) is 0 Å². The van der Waals surface area contributed by atoms with Crippen LogP contribution in [0.5, 0.6) is 0 Å². The second-order valence-corrected chi connectivity index (χ2v) is 2.15. The summed E-state index contributed by atoms with van der Waals surface area (Å²) in [4.78, 5) is 0. The van der Waals surface area contributed by atoms with Crippen LogP contribution in [0.25, 0.3) is 0 Å². The molecule has 0 saturated carbocycles. The van der Waals surface area contributed by atoms with Gasteiger partial charge in [-0.2, -0.15) is 0 Å². The van der Waals surface area contributed by atoms with E-state index in [4.69, 9.17) is 0 Å². The molecular formula is C6H10ClN3. The highest BCUT2D eigenvalue weighted by Gasteiger charge is 2.14. The second kappa shape index (κ2) is 2.94. The lowest BCUT2D eigenvalue weighted by atomic mass is 10.3. The zero-order chi connectivity index (χ0) is 6.10. The first-order valence-electron chi connectivity index (χ1n) is 3.11. The average molecular weight is 160 g/mol. The van der Waals surface area contributed by atoms with Gasteiger partial charge in [-0.25, -0.2) is 5.43 Å². The summed E-state index contributed by atoms with van der Waals surface area (Å²) in [5.74, 6) is 0. The van der Waals surface area contributed by atoms with E-state index in [1.54, 1.807) is 0 Å². The Labute approximate surface area is 66.2 Å². The lowest BCUT2D eigenvalue weighted by Crippen LogP contribution is -2.26. The molecule has 2 aliphatic heterocycles. The highest BCUT2D eigenvalue weighted by molar-refractivity contribution is 5.85. The van der Waals surface area contributed by atoms with Gasteiger partial charge in [0.25, 0.3) is 0 Å². The Hall–Kier alpha value is -0.670. The Balaban J connectivity index is 0.000000500. The second-order valence-electron chi connectivity index (χ2n) is 2.15. The molecule has 0 radical (unpaired) electrons. The van der Waals surface area contributed by atoms with Gasteiger partial charge in [0, 0.05) is 31.6 Å². The van der Waals surface area contributed by atoms with E-state index >= 15 is 0 Å². The van der Waals surface area contributed by atoms with Crippen LogP contribution in [0.2, 0.25) is 0 Å². The standard InChI is InChI=1S/C6H9N3.ClH/c1-2-8-9-4-3-7-5-6(1)9;/h3-5,7-8H,1-2H2;1H. The van der Waals surface area contributed by atoms with E-state index in [1.807, 2.05) is 23.6 Å². The largest absolute Gasteiger partial charge is 0.365 e. The van der Waals surface area contributed by atoms with E-state index in [9.17, 15) is 0 Å². The summed E-state index contributed by atoms with van der Waals surface area (Å²) in [5, 5.41) is 5.07. The Morgan fingerprint density at radius 1 is 1.50 bits per heavy atom. The first kappa shape index (κ1) is 7.44. The van der Waals surface area contributed by atoms with Crippen LogP contribution in [0.4, 0.5) is 0 Å². The van der Waals surface area contributed by atoms with Gasteiger partial charge in [0.05, 0.1) is 5.70 Å². The van der Waals surface area contributed by atoms with Crippen molar-refractivity contribution in [3.05, 3.63) is 24.3 Å². The topological polar surface area (TPSA) is 27.3 Å². The number of fused-ring (bicyclic) bond motifs is 1. The quantitative estimate of drug-likeness (QED) is 0.540. The number of hydrogen-bond donors (Lipinski definition) is 2. The van der Waals surface area contributed by atoms with Gasteiger partial charge in [-0.15, -0.1) is 12.4 Å². The monoisotopic (exact) mass is 159 g/mol. The normalized spacial score (nSPS) is 20.8. The van der Waals surface area contributed by atoms with Crippen molar-refractivity contribution in [2.24, 2.45) is 0 Å². The predicted molar refractivity (Wildman–Crippen MR) is 42.1 cm³/mol. The molecule has 0 aromatic carbocycles. The van der Waals surface area contributed by atoms with Crippen LogP contribution < -0.4 is 10.7 Å². The zero-order valence-electron chi connectivity index (χ0n) is 5.50. The minimum Gasteiger partial charge on any atom is -0.365 e. The molecule has 2 aliphatic rings. The molecule has 0 aromatic rings. The third-order valence-electron chi connectivity index (χ3n) is 1.54. The van der Waals surface area contributed by atoms with Crippen molar-refractivity contribution in [2.75, 3.05) is 6.54 Å². The van der Waals surface area contributed by atoms with Crippen molar-refractivity contribution in [3.8, 4) is 0 Å². The molecule has 0 unspecified atom stereocenters. The number of nitrogens with zero attached hydrogens (tertiary/aromatic N) is 1. The molecule has 1 fully saturated rings. The molecule has 1 saturated heterocycles. The molecule has 0 amide bonds. The van der Waals surface area contributed by atoms with Crippen LogP contribution in [-0.2, 0) is 0 Å². The Kier molecular flexibility index (Phi) is 2.19. The fraction of sp³-hybridized carbons (Fsp3) is 0.333. The van der Waals surface area contributed by atoms with Gasteiger partial charge in [-0.3, -0.25) is 5.01 Å². The molecule has 56 valence electrons. The smallest absolute Gasteiger partial charge is 0.0518 e. The fourth-order valence-electron chi connectivity index (χ4n) is 1.08. The van der Waals surface area contributed by atoms with Crippen molar-refractivity contribution in [2.45, 2.75) is 6.42 Å². The van der Waals surface area contributed by atoms with Crippen molar-refractivity contribution in [3.63, 3.8) is 0 Å². The summed E-state index contributed by atoms with van der Waals surface area (Å²) < 4.78 is 0. The molecular weight excluding hydrogens is 150 g/mol. The highest BCUT2D eigenvalue weighted by atomic mass is 35.5. The molecule has 0 aliphatic carbocycles. The first-order valence-corrected chi connectivity index (χ1v) is 3.11. The number of rotatable bonds is 0. The lowest BCUT2D eigenvalue weighted by molar-refractivity contribution is 0.399. The van der Waals surface area contributed by atoms with Gasteiger partial charge in [0.1, 0.15) is 0 Å². The van der Waals surface area contributed by atoms with Gasteiger partial charge in [-0.05, 0) is 0 Å². The van der Waals surface area contributed by atoms with Crippen LogP contribution in [0.15, 0.2) is 24.3 Å². The summed E-state index contributed by atoms with van der Waals surface area (Å²) in [6.07, 6.45) is 7.03. The van der Waals surface area contributed by atoms with E-state index < -0.39 is 0 Å². The Bertz CT molecular complexity index is 176. The maximum absolute atomic E-state index is 3.20. The summed E-state index contributed by atoms with van der Waals surface area (Å²) >= 11 is 0. The third-order valence-corrected chi connectivity index (χ3v) is 1.54.